The average molecular weight is 465 g/mol. The molecule has 0 aliphatic carbocycles. The highest BCUT2D eigenvalue weighted by Gasteiger charge is 2.56. The minimum absolute atomic E-state index is 0. The molecule has 2 aliphatic rings. The summed E-state index contributed by atoms with van der Waals surface area (Å²) < 4.78 is 5.36. The molecule has 160 valence electrons. The van der Waals surface area contributed by atoms with Crippen molar-refractivity contribution in [3.05, 3.63) is 71.8 Å². The zero-order chi connectivity index (χ0) is 20.4. The number of nitrogens with two attached hydrogens (primary N) is 1. The number of benzene rings is 2. The highest BCUT2D eigenvalue weighted by molar-refractivity contribution is 8.05. The Morgan fingerprint density at radius 3 is 2.30 bits per heavy atom. The van der Waals surface area contributed by atoms with Crippen LogP contribution in [-0.2, 0) is 14.3 Å². The first-order valence-electron chi connectivity index (χ1n) is 9.68. The molecule has 4 rings (SSSR count). The molecule has 0 spiro atoms. The molecule has 2 unspecified atom stereocenters. The first-order chi connectivity index (χ1) is 14.1. The van der Waals surface area contributed by atoms with E-state index >= 15 is 0 Å². The van der Waals surface area contributed by atoms with Gasteiger partial charge in [0.1, 0.15) is 16.2 Å². The van der Waals surface area contributed by atoms with Gasteiger partial charge in [-0.1, -0.05) is 67.6 Å². The van der Waals surface area contributed by atoms with Gasteiger partial charge in [0.05, 0.1) is 0 Å². The van der Waals surface area contributed by atoms with Gasteiger partial charge in [0.25, 0.3) is 0 Å². The standard InChI is InChI=1S/C22H24N2O3S2.ClH/c1-2-29-22(13-24-19(25)17(23)20(24)28-14-22)21(26)27-18(15-9-5-3-6-10-15)16-11-7-4-8-12-16;/h3-12,17-18,20H,2,13-14,23H2,1H3;1H/t17?,20-,22?;/m1./s1. The molecule has 2 aromatic rings. The summed E-state index contributed by atoms with van der Waals surface area (Å²) in [4.78, 5) is 27.4. The highest BCUT2D eigenvalue weighted by atomic mass is 35.5. The zero-order valence-electron chi connectivity index (χ0n) is 16.6. The van der Waals surface area contributed by atoms with Gasteiger partial charge in [-0.05, 0) is 16.9 Å². The number of rotatable bonds is 6. The summed E-state index contributed by atoms with van der Waals surface area (Å²) in [6.45, 7) is 2.37. The van der Waals surface area contributed by atoms with E-state index in [2.05, 4.69) is 0 Å². The maximum atomic E-state index is 13.5. The van der Waals surface area contributed by atoms with Crippen LogP contribution in [0.1, 0.15) is 24.2 Å². The third-order valence-corrected chi connectivity index (χ3v) is 8.33. The second-order valence-electron chi connectivity index (χ2n) is 7.23. The normalized spacial score (nSPS) is 25.2. The topological polar surface area (TPSA) is 72.6 Å². The van der Waals surface area contributed by atoms with Crippen LogP contribution in [0, 0.1) is 0 Å². The van der Waals surface area contributed by atoms with E-state index in [-0.39, 0.29) is 29.7 Å². The number of carbonyl (C=O) groups is 2. The van der Waals surface area contributed by atoms with Crippen molar-refractivity contribution in [1.29, 1.82) is 0 Å². The second kappa shape index (κ2) is 9.64. The minimum Gasteiger partial charge on any atom is -0.451 e. The fourth-order valence-electron chi connectivity index (χ4n) is 3.80. The molecule has 30 heavy (non-hydrogen) atoms. The Morgan fingerprint density at radius 1 is 1.20 bits per heavy atom. The summed E-state index contributed by atoms with van der Waals surface area (Å²) in [5.74, 6) is 0.985. The number of amides is 1. The Kier molecular flexibility index (Phi) is 7.39. The van der Waals surface area contributed by atoms with Crippen LogP contribution in [0.5, 0.6) is 0 Å². The summed E-state index contributed by atoms with van der Waals surface area (Å²) in [5.41, 5.74) is 7.76. The van der Waals surface area contributed by atoms with Gasteiger partial charge in [-0.3, -0.25) is 9.59 Å². The Balaban J connectivity index is 0.00000256. The molecule has 0 radical (unpaired) electrons. The summed E-state index contributed by atoms with van der Waals surface area (Å²) in [6.07, 6.45) is -0.490. The highest BCUT2D eigenvalue weighted by Crippen LogP contribution is 2.44. The zero-order valence-corrected chi connectivity index (χ0v) is 19.1. The van der Waals surface area contributed by atoms with Crippen molar-refractivity contribution in [3.63, 3.8) is 0 Å². The van der Waals surface area contributed by atoms with Crippen molar-refractivity contribution in [3.8, 4) is 0 Å². The van der Waals surface area contributed by atoms with Crippen LogP contribution >= 0.6 is 35.9 Å². The number of ether oxygens (including phenoxy) is 1. The van der Waals surface area contributed by atoms with Crippen LogP contribution < -0.4 is 5.73 Å². The Hall–Kier alpha value is -1.67. The molecule has 3 atom stereocenters. The molecule has 2 fully saturated rings. The maximum absolute atomic E-state index is 13.5. The first-order valence-corrected chi connectivity index (χ1v) is 11.7. The second-order valence-corrected chi connectivity index (χ2v) is 9.98. The van der Waals surface area contributed by atoms with E-state index in [4.69, 9.17) is 10.5 Å². The van der Waals surface area contributed by atoms with Gasteiger partial charge >= 0.3 is 5.97 Å². The maximum Gasteiger partial charge on any atom is 0.325 e. The van der Waals surface area contributed by atoms with Crippen molar-refractivity contribution in [2.24, 2.45) is 5.73 Å². The molecule has 2 heterocycles. The van der Waals surface area contributed by atoms with Crippen LogP contribution in [0.25, 0.3) is 0 Å². The van der Waals surface area contributed by atoms with Gasteiger partial charge < -0.3 is 15.4 Å². The van der Waals surface area contributed by atoms with Crippen molar-refractivity contribution < 1.29 is 14.3 Å². The molecule has 2 aliphatic heterocycles. The fraction of sp³-hybridized carbons (Fsp3) is 0.364. The van der Waals surface area contributed by atoms with E-state index in [1.54, 1.807) is 28.4 Å². The van der Waals surface area contributed by atoms with Gasteiger partial charge in [-0.15, -0.1) is 35.9 Å². The van der Waals surface area contributed by atoms with Crippen molar-refractivity contribution in [2.75, 3.05) is 18.1 Å². The first kappa shape index (κ1) is 23.0. The summed E-state index contributed by atoms with van der Waals surface area (Å²) in [7, 11) is 0. The minimum atomic E-state index is -0.784. The van der Waals surface area contributed by atoms with Gasteiger partial charge in [0.15, 0.2) is 6.10 Å². The number of β-lactam (4-membered cyclic amide) rings is 1. The Bertz CT molecular complexity index is 847. The van der Waals surface area contributed by atoms with Crippen LogP contribution in [0.15, 0.2) is 60.7 Å². The van der Waals surface area contributed by atoms with E-state index in [1.165, 1.54) is 0 Å². The van der Waals surface area contributed by atoms with E-state index in [9.17, 15) is 9.59 Å². The number of carbonyl (C=O) groups excluding carboxylic acids is 2. The number of fused-ring (bicyclic) bond motifs is 1. The Labute approximate surface area is 191 Å². The van der Waals surface area contributed by atoms with Gasteiger partial charge in [0, 0.05) is 12.3 Å². The predicted octanol–water partition coefficient (Wildman–Crippen LogP) is 3.48. The number of hydrogen-bond donors (Lipinski definition) is 1. The molecule has 0 aromatic heterocycles. The molecule has 2 N–H and O–H groups in total. The van der Waals surface area contributed by atoms with Gasteiger partial charge in [-0.25, -0.2) is 0 Å². The lowest BCUT2D eigenvalue weighted by Crippen LogP contribution is -2.73. The number of thioether (sulfide) groups is 2. The molecular formula is C22H25ClN2O3S2. The molecular weight excluding hydrogens is 440 g/mol. The van der Waals surface area contributed by atoms with Crippen LogP contribution in [0.3, 0.4) is 0 Å². The van der Waals surface area contributed by atoms with E-state index in [1.807, 2.05) is 67.6 Å². The van der Waals surface area contributed by atoms with Crippen molar-refractivity contribution >= 4 is 47.8 Å². The van der Waals surface area contributed by atoms with Gasteiger partial charge in [0.2, 0.25) is 5.91 Å². The number of hydrogen-bond acceptors (Lipinski definition) is 6. The molecule has 1 amide bonds. The molecule has 0 saturated carbocycles. The van der Waals surface area contributed by atoms with E-state index in [0.29, 0.717) is 12.3 Å². The summed E-state index contributed by atoms with van der Waals surface area (Å²) in [5, 5.41) is -0.0278. The number of halogens is 1. The molecule has 2 saturated heterocycles. The van der Waals surface area contributed by atoms with Crippen LogP contribution in [0.2, 0.25) is 0 Å². The quantitative estimate of drug-likeness (QED) is 0.521. The number of esters is 1. The summed E-state index contributed by atoms with van der Waals surface area (Å²) in [6, 6.07) is 19.1. The lowest BCUT2D eigenvalue weighted by Gasteiger charge is -2.53. The third kappa shape index (κ3) is 4.21. The average Bonchev–Trinajstić information content (AvgIpc) is 2.78. The third-order valence-electron chi connectivity index (χ3n) is 5.32. The van der Waals surface area contributed by atoms with E-state index < -0.39 is 16.9 Å². The van der Waals surface area contributed by atoms with Crippen molar-refractivity contribution in [2.45, 2.75) is 29.2 Å². The fourth-order valence-corrected chi connectivity index (χ4v) is 6.62. The lowest BCUT2D eigenvalue weighted by molar-refractivity contribution is -0.154. The SMILES string of the molecule is CCSC1(C(=O)OC(c2ccccc2)c2ccccc2)CS[C@@H]2C(N)C(=O)N2C1.Cl. The monoisotopic (exact) mass is 464 g/mol. The molecule has 0 bridgehead atoms. The molecule has 8 heteroatoms. The number of nitrogens with zero attached hydrogens (tertiary/aromatic N) is 1. The Morgan fingerprint density at radius 2 is 1.77 bits per heavy atom. The van der Waals surface area contributed by atoms with Crippen LogP contribution in [0.4, 0.5) is 0 Å². The van der Waals surface area contributed by atoms with E-state index in [0.717, 1.165) is 16.9 Å². The summed E-state index contributed by atoms with van der Waals surface area (Å²) >= 11 is 3.13. The molecule has 5 nitrogen and oxygen atoms in total. The largest absolute Gasteiger partial charge is 0.451 e. The van der Waals surface area contributed by atoms with Crippen molar-refractivity contribution in [1.82, 2.24) is 4.90 Å². The van der Waals surface area contributed by atoms with Gasteiger partial charge in [-0.2, -0.15) is 0 Å². The smallest absolute Gasteiger partial charge is 0.325 e. The predicted molar refractivity (Wildman–Crippen MR) is 125 cm³/mol. The van der Waals surface area contributed by atoms with Crippen LogP contribution in [-0.4, -0.2) is 51.0 Å². The lowest BCUT2D eigenvalue weighted by atomic mass is 10.00. The molecule has 2 aromatic carbocycles.